The van der Waals surface area contributed by atoms with E-state index in [-0.39, 0.29) is 0 Å². The summed E-state index contributed by atoms with van der Waals surface area (Å²) in [6.07, 6.45) is 0. The van der Waals surface area contributed by atoms with Gasteiger partial charge in [-0.1, -0.05) is 322 Å². The highest BCUT2D eigenvalue weighted by atomic mass is 32.1. The van der Waals surface area contributed by atoms with E-state index in [4.69, 9.17) is 29.9 Å². The molecule has 0 fully saturated rings. The van der Waals surface area contributed by atoms with Gasteiger partial charge in [-0.3, -0.25) is 4.57 Å². The molecule has 12 heterocycles. The minimum atomic E-state index is 0.706. The summed E-state index contributed by atoms with van der Waals surface area (Å²) in [5.74, 6) is 3.05. The number of fused-ring (bicyclic) bond motifs is 21. The highest BCUT2D eigenvalue weighted by Gasteiger charge is 2.28. The lowest BCUT2D eigenvalue weighted by molar-refractivity contribution is 1.05. The van der Waals surface area contributed by atoms with Crippen molar-refractivity contribution < 1.29 is 0 Å². The molecule has 606 valence electrons. The standard InChI is InChI=1S/C44H27N3S2.C38H23N3S2.C32H19N3S2/c1-3-12-28(13-4-1)31-16-11-17-32(26-31)37-27-36(29-14-5-2-6-15-29)45-44(46-37)30-22-24-33(25-23-30)47-40-34-18-7-9-20-38(34)48-42(40)43-41(47)35-19-8-10-21-39(35)49-43;1-3-11-24(12-4-1)30-23-31(40-38(39-30)26-13-5-2-6-14-26)25-19-21-27(22-20-25)41-34-28-15-7-9-17-32(28)42-36(34)37-35(41)29-16-8-10-18-33(29)43-37;1-3-11-20(12-4-1)24-19-27(34-32(33-24)21-13-5-2-6-14-21)35-28-22-15-7-9-17-25(22)36-30(28)31-29(35)23-16-8-10-18-26(23)37-31/h1-27H;1-23H;1-19H. The third-order valence-corrected chi connectivity index (χ3v) is 31.6. The molecular weight excluding hydrogens is 1690 g/mol. The average Bonchev–Trinajstić information content (AvgIpc) is 1.55. The first-order valence-electron chi connectivity index (χ1n) is 42.8. The van der Waals surface area contributed by atoms with E-state index in [1.807, 2.05) is 129 Å². The van der Waals surface area contributed by atoms with Gasteiger partial charge >= 0.3 is 0 Å². The number of hydrogen-bond acceptors (Lipinski definition) is 12. The average molecular weight is 1760 g/mol. The van der Waals surface area contributed by atoms with Crippen LogP contribution in [0.15, 0.2) is 419 Å². The van der Waals surface area contributed by atoms with Crippen molar-refractivity contribution in [1.29, 1.82) is 0 Å². The molecule has 0 atom stereocenters. The Morgan fingerprint density at radius 1 is 0.155 bits per heavy atom. The van der Waals surface area contributed by atoms with Crippen LogP contribution in [0, 0.1) is 0 Å². The summed E-state index contributed by atoms with van der Waals surface area (Å²) in [5, 5.41) is 7.71. The zero-order valence-electron chi connectivity index (χ0n) is 68.8. The summed E-state index contributed by atoms with van der Waals surface area (Å²) in [4.78, 5) is 30.5. The molecule has 15 aromatic carbocycles. The van der Waals surface area contributed by atoms with Crippen molar-refractivity contribution >= 4 is 190 Å². The second-order valence-electron chi connectivity index (χ2n) is 31.9. The van der Waals surface area contributed by atoms with Crippen molar-refractivity contribution in [1.82, 2.24) is 43.6 Å². The van der Waals surface area contributed by atoms with Crippen molar-refractivity contribution in [2.75, 3.05) is 0 Å². The second kappa shape index (κ2) is 32.0. The molecule has 129 heavy (non-hydrogen) atoms. The zero-order chi connectivity index (χ0) is 85.0. The SMILES string of the molecule is c1ccc(-c2cc(-c3ccc(-n4c5c6ccccc6sc5c5sc6ccccc6c54)cc3)nc(-c3ccccc3)n2)cc1.c1ccc(-c2cc(-n3c4c5ccccc5sc4c4sc5ccccc5c43)nc(-c3ccccc3)n2)cc1.c1ccc(-c2cccc(-c3cc(-c4ccccc4)nc(-c4ccc(-n5c6c7ccccc7sc6c6sc7ccccc7c65)cc4)n3)c2)cc1. The van der Waals surface area contributed by atoms with Gasteiger partial charge in [-0.05, 0) is 102 Å². The van der Waals surface area contributed by atoms with Crippen molar-refractivity contribution in [3.05, 3.63) is 419 Å². The van der Waals surface area contributed by atoms with Gasteiger partial charge in [0, 0.05) is 122 Å². The van der Waals surface area contributed by atoms with E-state index in [9.17, 15) is 0 Å². The zero-order valence-corrected chi connectivity index (χ0v) is 73.7. The number of aromatic nitrogens is 9. The Kier molecular flexibility index (Phi) is 18.9. The quantitative estimate of drug-likeness (QED) is 0.121. The summed E-state index contributed by atoms with van der Waals surface area (Å²) >= 11 is 11.3. The van der Waals surface area contributed by atoms with E-state index in [2.05, 4.69) is 372 Å². The van der Waals surface area contributed by atoms with Gasteiger partial charge in [-0.15, -0.1) is 68.0 Å². The van der Waals surface area contributed by atoms with Gasteiger partial charge in [-0.2, -0.15) is 0 Å². The maximum Gasteiger partial charge on any atom is 0.162 e. The predicted molar refractivity (Wildman–Crippen MR) is 550 cm³/mol. The Bertz CT molecular complexity index is 8600. The van der Waals surface area contributed by atoms with Crippen LogP contribution in [0.5, 0.6) is 0 Å². The minimum Gasteiger partial charge on any atom is -0.306 e. The number of thiophene rings is 6. The first-order chi connectivity index (χ1) is 63.9. The number of rotatable bonds is 12. The Morgan fingerprint density at radius 2 is 0.380 bits per heavy atom. The highest BCUT2D eigenvalue weighted by Crippen LogP contribution is 2.53. The van der Waals surface area contributed by atoms with Gasteiger partial charge in [0.05, 0.1) is 89.8 Å². The molecular formula is C114H69N9S6. The number of nitrogens with zero attached hydrogens (tertiary/aromatic N) is 9. The van der Waals surface area contributed by atoms with Crippen molar-refractivity contribution in [3.63, 3.8) is 0 Å². The third kappa shape index (κ3) is 13.4. The molecule has 0 aliphatic heterocycles. The molecule has 0 bridgehead atoms. The molecule has 15 heteroatoms. The van der Waals surface area contributed by atoms with Crippen LogP contribution in [0.1, 0.15) is 0 Å². The third-order valence-electron chi connectivity index (χ3n) is 24.1. The van der Waals surface area contributed by atoms with Crippen LogP contribution < -0.4 is 0 Å². The first-order valence-corrected chi connectivity index (χ1v) is 47.7. The van der Waals surface area contributed by atoms with Gasteiger partial charge in [-0.25, -0.2) is 29.9 Å². The molecule has 0 N–H and O–H groups in total. The molecule has 0 aliphatic carbocycles. The Hall–Kier alpha value is -15.3. The van der Waals surface area contributed by atoms with Gasteiger partial charge in [0.25, 0.3) is 0 Å². The van der Waals surface area contributed by atoms with E-state index in [1.54, 1.807) is 0 Å². The summed E-state index contributed by atoms with van der Waals surface area (Å²) in [6.45, 7) is 0. The predicted octanol–water partition coefficient (Wildman–Crippen LogP) is 33.0. The number of benzene rings is 15. The van der Waals surface area contributed by atoms with E-state index in [1.165, 1.54) is 127 Å². The number of hydrogen-bond donors (Lipinski definition) is 0. The smallest absolute Gasteiger partial charge is 0.162 e. The molecule has 12 aromatic heterocycles. The van der Waals surface area contributed by atoms with Crippen molar-refractivity contribution in [3.8, 4) is 119 Å². The van der Waals surface area contributed by atoms with Crippen molar-refractivity contribution in [2.24, 2.45) is 0 Å². The molecule has 0 radical (unpaired) electrons. The molecule has 0 amide bonds. The van der Waals surface area contributed by atoms with Crippen LogP contribution in [0.2, 0.25) is 0 Å². The maximum absolute atomic E-state index is 5.21. The molecule has 0 unspecified atom stereocenters. The molecule has 0 saturated heterocycles. The van der Waals surface area contributed by atoms with Gasteiger partial charge in [0.15, 0.2) is 17.5 Å². The molecule has 0 spiro atoms. The van der Waals surface area contributed by atoms with Gasteiger partial charge in [0.1, 0.15) is 5.82 Å². The van der Waals surface area contributed by atoms with Crippen LogP contribution in [0.4, 0.5) is 0 Å². The van der Waals surface area contributed by atoms with E-state index < -0.39 is 0 Å². The molecule has 0 aliphatic rings. The van der Waals surface area contributed by atoms with Crippen LogP contribution >= 0.6 is 68.0 Å². The van der Waals surface area contributed by atoms with Gasteiger partial charge in [0.2, 0.25) is 0 Å². The summed E-state index contributed by atoms with van der Waals surface area (Å²) in [5.41, 5.74) is 25.1. The Balaban J connectivity index is 0.000000106. The molecule has 27 aromatic rings. The van der Waals surface area contributed by atoms with Crippen LogP contribution in [0.3, 0.4) is 0 Å². The largest absolute Gasteiger partial charge is 0.306 e. The summed E-state index contributed by atoms with van der Waals surface area (Å²) in [6, 6.07) is 147. The monoisotopic (exact) mass is 1760 g/mol. The molecule has 27 rings (SSSR count). The van der Waals surface area contributed by atoms with Crippen LogP contribution in [0.25, 0.3) is 241 Å². The fourth-order valence-electron chi connectivity index (χ4n) is 18.1. The lowest BCUT2D eigenvalue weighted by atomic mass is 10.0. The van der Waals surface area contributed by atoms with E-state index in [0.29, 0.717) is 5.82 Å². The van der Waals surface area contributed by atoms with Crippen LogP contribution in [-0.4, -0.2) is 43.6 Å². The fourth-order valence-corrected chi connectivity index (χ4v) is 25.6. The Labute approximate surface area is 764 Å². The minimum absolute atomic E-state index is 0.706. The van der Waals surface area contributed by atoms with Gasteiger partial charge < -0.3 is 9.13 Å². The van der Waals surface area contributed by atoms with E-state index in [0.717, 1.165) is 107 Å². The maximum atomic E-state index is 5.21. The van der Waals surface area contributed by atoms with Crippen molar-refractivity contribution in [2.45, 2.75) is 0 Å². The first kappa shape index (κ1) is 76.2. The normalized spacial score (nSPS) is 11.7. The fraction of sp³-hybridized carbons (Fsp3) is 0. The lowest BCUT2D eigenvalue weighted by Crippen LogP contribution is -2.02. The lowest BCUT2D eigenvalue weighted by Gasteiger charge is -2.12. The molecule has 0 saturated carbocycles. The highest BCUT2D eigenvalue weighted by molar-refractivity contribution is 7.35. The second-order valence-corrected chi connectivity index (χ2v) is 38.2. The topological polar surface area (TPSA) is 92.1 Å². The van der Waals surface area contributed by atoms with E-state index >= 15 is 0 Å². The Morgan fingerprint density at radius 3 is 0.705 bits per heavy atom. The summed E-state index contributed by atoms with van der Waals surface area (Å²) < 4.78 is 23.2. The molecule has 9 nitrogen and oxygen atoms in total. The summed E-state index contributed by atoms with van der Waals surface area (Å²) in [7, 11) is 0. The van der Waals surface area contributed by atoms with Crippen LogP contribution in [-0.2, 0) is 0 Å².